The summed E-state index contributed by atoms with van der Waals surface area (Å²) >= 11 is 1.14. The summed E-state index contributed by atoms with van der Waals surface area (Å²) in [6.45, 7) is 2.16. The maximum atomic E-state index is 12.3. The number of carbonyl (C=O) groups is 1. The van der Waals surface area contributed by atoms with E-state index in [1.54, 1.807) is 32.7 Å². The maximum Gasteiger partial charge on any atom is 0.320 e. The summed E-state index contributed by atoms with van der Waals surface area (Å²) in [4.78, 5) is 16.3. The number of methoxy groups -OCH3 is 2. The first-order valence-electron chi connectivity index (χ1n) is 8.88. The van der Waals surface area contributed by atoms with Crippen molar-refractivity contribution >= 4 is 22.6 Å². The van der Waals surface area contributed by atoms with Gasteiger partial charge in [-0.2, -0.15) is 4.37 Å². The lowest BCUT2D eigenvalue weighted by Crippen LogP contribution is -2.28. The summed E-state index contributed by atoms with van der Waals surface area (Å²) in [5.74, 6) is 1.72. The molecule has 1 atom stereocenters. The van der Waals surface area contributed by atoms with Gasteiger partial charge in [-0.1, -0.05) is 12.1 Å². The number of carbonyl (C=O) groups excluding carboxylic acids is 1. The zero-order valence-electron chi connectivity index (χ0n) is 16.3. The van der Waals surface area contributed by atoms with Crippen LogP contribution in [0.4, 0.5) is 9.80 Å². The fourth-order valence-electron chi connectivity index (χ4n) is 2.67. The van der Waals surface area contributed by atoms with Crippen LogP contribution in [-0.4, -0.2) is 29.6 Å². The van der Waals surface area contributed by atoms with Crippen LogP contribution in [0.1, 0.15) is 24.2 Å². The van der Waals surface area contributed by atoms with Gasteiger partial charge in [-0.05, 0) is 36.7 Å². The molecule has 3 aromatic rings. The van der Waals surface area contributed by atoms with Crippen molar-refractivity contribution in [2.75, 3.05) is 19.5 Å². The minimum absolute atomic E-state index is 0.203. The lowest BCUT2D eigenvalue weighted by atomic mass is 10.1. The number of rotatable bonds is 8. The third-order valence-electron chi connectivity index (χ3n) is 4.13. The lowest BCUT2D eigenvalue weighted by Gasteiger charge is -2.13. The predicted molar refractivity (Wildman–Crippen MR) is 111 cm³/mol. The van der Waals surface area contributed by atoms with Gasteiger partial charge in [0.25, 0.3) is 0 Å². The van der Waals surface area contributed by atoms with Gasteiger partial charge in [-0.3, -0.25) is 10.3 Å². The number of aromatic nitrogens is 2. The molecular formula is C20H22N4O4S. The van der Waals surface area contributed by atoms with Crippen LogP contribution in [0.25, 0.3) is 0 Å². The van der Waals surface area contributed by atoms with Crippen molar-refractivity contribution in [3.05, 3.63) is 59.9 Å². The molecule has 0 fully saturated rings. The molecule has 2 N–H and O–H groups in total. The zero-order valence-corrected chi connectivity index (χ0v) is 17.2. The summed E-state index contributed by atoms with van der Waals surface area (Å²) in [6, 6.07) is 10.6. The number of hydrogen-bond donors (Lipinski definition) is 2. The van der Waals surface area contributed by atoms with Gasteiger partial charge in [0.05, 0.1) is 26.3 Å². The number of nitrogens with zero attached hydrogens (tertiary/aromatic N) is 2. The fourth-order valence-corrected chi connectivity index (χ4v) is 3.24. The molecule has 0 spiro atoms. The summed E-state index contributed by atoms with van der Waals surface area (Å²) in [5.41, 5.74) is 1.70. The number of ether oxygens (including phenoxy) is 3. The average molecular weight is 414 g/mol. The Balaban J connectivity index is 1.56. The second-order valence-electron chi connectivity index (χ2n) is 6.02. The van der Waals surface area contributed by atoms with E-state index in [1.807, 2.05) is 37.3 Å². The highest BCUT2D eigenvalue weighted by Gasteiger charge is 2.14. The molecule has 0 aliphatic carbocycles. The Labute approximate surface area is 173 Å². The molecule has 0 aliphatic heterocycles. The fraction of sp³-hybridized carbons (Fsp3) is 0.250. The first-order valence-corrected chi connectivity index (χ1v) is 9.66. The van der Waals surface area contributed by atoms with Gasteiger partial charge in [0.1, 0.15) is 22.6 Å². The van der Waals surface area contributed by atoms with Crippen molar-refractivity contribution in [3.8, 4) is 17.4 Å². The van der Waals surface area contributed by atoms with Crippen LogP contribution in [0.15, 0.2) is 48.8 Å². The lowest BCUT2D eigenvalue weighted by molar-refractivity contribution is 0.219. The highest BCUT2D eigenvalue weighted by molar-refractivity contribution is 7.10. The molecule has 3 rings (SSSR count). The molecule has 0 bridgehead atoms. The third-order valence-corrected chi connectivity index (χ3v) is 4.82. The van der Waals surface area contributed by atoms with E-state index in [-0.39, 0.29) is 18.7 Å². The molecule has 1 aromatic carbocycles. The van der Waals surface area contributed by atoms with Crippen molar-refractivity contribution in [3.63, 3.8) is 0 Å². The quantitative estimate of drug-likeness (QED) is 0.578. The Morgan fingerprint density at radius 1 is 1.17 bits per heavy atom. The minimum atomic E-state index is -0.367. The number of urea groups is 1. The van der Waals surface area contributed by atoms with Gasteiger partial charge < -0.3 is 19.5 Å². The molecule has 0 saturated heterocycles. The van der Waals surface area contributed by atoms with E-state index in [4.69, 9.17) is 14.2 Å². The van der Waals surface area contributed by atoms with Crippen molar-refractivity contribution < 1.29 is 19.0 Å². The van der Waals surface area contributed by atoms with Crippen LogP contribution < -0.4 is 24.8 Å². The van der Waals surface area contributed by atoms with Gasteiger partial charge >= 0.3 is 6.03 Å². The zero-order chi connectivity index (χ0) is 20.6. The SMILES string of the molecule is COc1cccc(OC)c1CNC(=O)Nc1cc(OC(C)c2cccnc2)ns1. The van der Waals surface area contributed by atoms with E-state index in [0.717, 1.165) is 22.7 Å². The number of pyridine rings is 1. The summed E-state index contributed by atoms with van der Waals surface area (Å²) in [7, 11) is 3.15. The molecule has 1 unspecified atom stereocenters. The van der Waals surface area contributed by atoms with E-state index in [2.05, 4.69) is 20.0 Å². The Bertz CT molecular complexity index is 926. The van der Waals surface area contributed by atoms with Gasteiger partial charge in [0, 0.05) is 24.0 Å². The molecule has 9 heteroatoms. The molecule has 29 heavy (non-hydrogen) atoms. The normalized spacial score (nSPS) is 11.4. The summed E-state index contributed by atoms with van der Waals surface area (Å²) in [5, 5.41) is 6.12. The number of amides is 2. The van der Waals surface area contributed by atoms with Gasteiger partial charge in [0.15, 0.2) is 0 Å². The molecule has 2 amide bonds. The minimum Gasteiger partial charge on any atom is -0.496 e. The molecule has 2 aromatic heterocycles. The summed E-state index contributed by atoms with van der Waals surface area (Å²) < 4.78 is 20.7. The van der Waals surface area contributed by atoms with E-state index < -0.39 is 0 Å². The van der Waals surface area contributed by atoms with Crippen LogP contribution in [0.3, 0.4) is 0 Å². The smallest absolute Gasteiger partial charge is 0.320 e. The van der Waals surface area contributed by atoms with Crippen LogP contribution in [0.2, 0.25) is 0 Å². The number of hydrogen-bond acceptors (Lipinski definition) is 7. The molecular weight excluding hydrogens is 392 g/mol. The van der Waals surface area contributed by atoms with E-state index in [1.165, 1.54) is 0 Å². The first kappa shape index (κ1) is 20.4. The topological polar surface area (TPSA) is 94.6 Å². The molecule has 2 heterocycles. The first-order chi connectivity index (χ1) is 14.1. The van der Waals surface area contributed by atoms with Gasteiger partial charge in [0.2, 0.25) is 5.88 Å². The monoisotopic (exact) mass is 414 g/mol. The molecule has 0 aliphatic rings. The number of anilines is 1. The average Bonchev–Trinajstić information content (AvgIpc) is 3.18. The second-order valence-corrected chi connectivity index (χ2v) is 6.83. The largest absolute Gasteiger partial charge is 0.496 e. The molecule has 8 nitrogen and oxygen atoms in total. The van der Waals surface area contributed by atoms with Crippen LogP contribution in [0, 0.1) is 0 Å². The van der Waals surface area contributed by atoms with Crippen LogP contribution >= 0.6 is 11.5 Å². The third kappa shape index (κ3) is 5.35. The predicted octanol–water partition coefficient (Wildman–Crippen LogP) is 4.02. The Hall–Kier alpha value is -3.33. The summed E-state index contributed by atoms with van der Waals surface area (Å²) in [6.07, 6.45) is 3.25. The van der Waals surface area contributed by atoms with Crippen molar-refractivity contribution in [1.82, 2.24) is 14.7 Å². The maximum absolute atomic E-state index is 12.3. The van der Waals surface area contributed by atoms with E-state index >= 15 is 0 Å². The molecule has 0 saturated carbocycles. The van der Waals surface area contributed by atoms with Crippen molar-refractivity contribution in [2.45, 2.75) is 19.6 Å². The highest BCUT2D eigenvalue weighted by Crippen LogP contribution is 2.28. The molecule has 0 radical (unpaired) electrons. The Morgan fingerprint density at radius 2 is 1.93 bits per heavy atom. The Morgan fingerprint density at radius 3 is 2.59 bits per heavy atom. The van der Waals surface area contributed by atoms with Crippen LogP contribution in [0.5, 0.6) is 17.4 Å². The standard InChI is InChI=1S/C20H22N4O4S/c1-13(14-6-5-9-21-11-14)28-18-10-19(29-24-18)23-20(25)22-12-15-16(26-2)7-4-8-17(15)27-3/h4-11,13H,12H2,1-3H3,(H2,22,23,25). The van der Waals surface area contributed by atoms with Crippen molar-refractivity contribution in [2.24, 2.45) is 0 Å². The second kappa shape index (κ2) is 9.74. The number of benzene rings is 1. The molecule has 152 valence electrons. The van der Waals surface area contributed by atoms with E-state index in [0.29, 0.717) is 22.4 Å². The van der Waals surface area contributed by atoms with Crippen LogP contribution in [-0.2, 0) is 6.54 Å². The van der Waals surface area contributed by atoms with Gasteiger partial charge in [-0.15, -0.1) is 0 Å². The Kier molecular flexibility index (Phi) is 6.85. The number of nitrogens with one attached hydrogen (secondary N) is 2. The van der Waals surface area contributed by atoms with E-state index in [9.17, 15) is 4.79 Å². The van der Waals surface area contributed by atoms with Crippen molar-refractivity contribution in [1.29, 1.82) is 0 Å². The highest BCUT2D eigenvalue weighted by atomic mass is 32.1. The van der Waals surface area contributed by atoms with Gasteiger partial charge in [-0.25, -0.2) is 4.79 Å².